The van der Waals surface area contributed by atoms with E-state index in [1.165, 1.54) is 24.1 Å². The minimum Gasteiger partial charge on any atom is -0.362 e. The summed E-state index contributed by atoms with van der Waals surface area (Å²) in [7, 11) is 4.10. The van der Waals surface area contributed by atoms with Crippen LogP contribution < -0.4 is 20.9 Å². The SMILES string of the molecule is CN(C)c1nc(NC2CCC(N(C(N)=O)c3ccccc3Br)CC2)nc2c1CCCC2. The molecule has 166 valence electrons. The molecule has 0 unspecified atom stereocenters. The Morgan fingerprint density at radius 1 is 1.10 bits per heavy atom. The third-order valence-electron chi connectivity index (χ3n) is 6.33. The van der Waals surface area contributed by atoms with Crippen LogP contribution in [0.1, 0.15) is 49.8 Å². The summed E-state index contributed by atoms with van der Waals surface area (Å²) in [5.41, 5.74) is 9.09. The van der Waals surface area contributed by atoms with Gasteiger partial charge in [-0.2, -0.15) is 4.98 Å². The van der Waals surface area contributed by atoms with E-state index in [4.69, 9.17) is 15.7 Å². The number of primary amides is 1. The molecule has 0 aliphatic heterocycles. The quantitative estimate of drug-likeness (QED) is 0.649. The number of amides is 2. The van der Waals surface area contributed by atoms with Gasteiger partial charge in [-0.25, -0.2) is 9.78 Å². The molecule has 0 saturated heterocycles. The average molecular weight is 487 g/mol. The smallest absolute Gasteiger partial charge is 0.319 e. The number of benzene rings is 1. The Hall–Kier alpha value is -2.35. The number of para-hydroxylation sites is 1. The summed E-state index contributed by atoms with van der Waals surface area (Å²) in [6.07, 6.45) is 8.14. The number of fused-ring (bicyclic) bond motifs is 1. The highest BCUT2D eigenvalue weighted by atomic mass is 79.9. The largest absolute Gasteiger partial charge is 0.362 e. The number of hydrogen-bond donors (Lipinski definition) is 2. The van der Waals surface area contributed by atoms with Crippen molar-refractivity contribution in [1.29, 1.82) is 0 Å². The van der Waals surface area contributed by atoms with Gasteiger partial charge in [0, 0.05) is 36.2 Å². The second kappa shape index (κ2) is 9.42. The zero-order chi connectivity index (χ0) is 22.0. The van der Waals surface area contributed by atoms with Gasteiger partial charge in [0.2, 0.25) is 5.95 Å². The van der Waals surface area contributed by atoms with Crippen molar-refractivity contribution in [2.45, 2.75) is 63.5 Å². The number of nitrogens with one attached hydrogen (secondary N) is 1. The molecule has 2 aromatic rings. The molecule has 1 heterocycles. The molecule has 0 atom stereocenters. The molecule has 31 heavy (non-hydrogen) atoms. The van der Waals surface area contributed by atoms with E-state index >= 15 is 0 Å². The van der Waals surface area contributed by atoms with E-state index in [0.29, 0.717) is 6.04 Å². The van der Waals surface area contributed by atoms with Gasteiger partial charge in [0.15, 0.2) is 0 Å². The van der Waals surface area contributed by atoms with Crippen LogP contribution in [-0.4, -0.2) is 42.2 Å². The molecular weight excluding hydrogens is 456 g/mol. The first-order chi connectivity index (χ1) is 14.9. The molecule has 8 heteroatoms. The molecule has 0 bridgehead atoms. The molecular formula is C23H31BrN6O. The van der Waals surface area contributed by atoms with E-state index in [1.807, 2.05) is 38.4 Å². The van der Waals surface area contributed by atoms with Gasteiger partial charge in [-0.3, -0.25) is 4.90 Å². The summed E-state index contributed by atoms with van der Waals surface area (Å²) < 4.78 is 0.882. The number of carbonyl (C=O) groups is 1. The summed E-state index contributed by atoms with van der Waals surface area (Å²) in [6, 6.07) is 7.72. The maximum absolute atomic E-state index is 12.2. The number of nitrogens with zero attached hydrogens (tertiary/aromatic N) is 4. The topological polar surface area (TPSA) is 87.4 Å². The highest BCUT2D eigenvalue weighted by Crippen LogP contribution is 2.33. The van der Waals surface area contributed by atoms with Gasteiger partial charge in [-0.15, -0.1) is 0 Å². The van der Waals surface area contributed by atoms with Crippen molar-refractivity contribution in [3.8, 4) is 0 Å². The van der Waals surface area contributed by atoms with Crippen molar-refractivity contribution in [2.24, 2.45) is 5.73 Å². The molecule has 0 spiro atoms. The van der Waals surface area contributed by atoms with E-state index in [9.17, 15) is 4.79 Å². The molecule has 2 amide bonds. The Kier molecular flexibility index (Phi) is 6.65. The van der Waals surface area contributed by atoms with Crippen molar-refractivity contribution in [2.75, 3.05) is 29.2 Å². The van der Waals surface area contributed by atoms with Crippen molar-refractivity contribution < 1.29 is 4.79 Å². The predicted octanol–water partition coefficient (Wildman–Crippen LogP) is 4.49. The molecule has 1 aromatic carbocycles. The molecule has 1 saturated carbocycles. The van der Waals surface area contributed by atoms with Gasteiger partial charge < -0.3 is 16.0 Å². The van der Waals surface area contributed by atoms with Crippen molar-refractivity contribution >= 4 is 39.4 Å². The first-order valence-corrected chi connectivity index (χ1v) is 11.9. The molecule has 1 aromatic heterocycles. The first-order valence-electron chi connectivity index (χ1n) is 11.1. The Morgan fingerprint density at radius 3 is 2.48 bits per heavy atom. The molecule has 2 aliphatic carbocycles. The van der Waals surface area contributed by atoms with Crippen LogP contribution in [0.4, 0.5) is 22.2 Å². The van der Waals surface area contributed by atoms with Crippen LogP contribution in [-0.2, 0) is 12.8 Å². The number of carbonyl (C=O) groups excluding carboxylic acids is 1. The zero-order valence-corrected chi connectivity index (χ0v) is 19.9. The fourth-order valence-corrected chi connectivity index (χ4v) is 5.29. The summed E-state index contributed by atoms with van der Waals surface area (Å²) in [5, 5.41) is 3.57. The molecule has 3 N–H and O–H groups in total. The third-order valence-corrected chi connectivity index (χ3v) is 7.00. The summed E-state index contributed by atoms with van der Waals surface area (Å²) in [6.45, 7) is 0. The second-order valence-corrected chi connectivity index (χ2v) is 9.56. The van der Waals surface area contributed by atoms with E-state index < -0.39 is 6.03 Å². The van der Waals surface area contributed by atoms with E-state index in [0.717, 1.165) is 60.5 Å². The number of aromatic nitrogens is 2. The molecule has 0 radical (unpaired) electrons. The van der Waals surface area contributed by atoms with Gasteiger partial charge in [-0.05, 0) is 79.4 Å². The van der Waals surface area contributed by atoms with Crippen molar-refractivity contribution in [3.63, 3.8) is 0 Å². The Bertz CT molecular complexity index is 942. The Balaban J connectivity index is 1.45. The van der Waals surface area contributed by atoms with E-state index in [2.05, 4.69) is 26.1 Å². The lowest BCUT2D eigenvalue weighted by Gasteiger charge is -2.36. The maximum Gasteiger partial charge on any atom is 0.319 e. The first kappa shape index (κ1) is 21.9. The Morgan fingerprint density at radius 2 is 1.81 bits per heavy atom. The van der Waals surface area contributed by atoms with Crippen LogP contribution >= 0.6 is 15.9 Å². The minimum absolute atomic E-state index is 0.0936. The van der Waals surface area contributed by atoms with Gasteiger partial charge in [0.05, 0.1) is 11.4 Å². The monoisotopic (exact) mass is 486 g/mol. The standard InChI is InChI=1S/C23H31BrN6O/c1-29(2)21-17-7-3-5-9-19(17)27-23(28-21)26-15-11-13-16(14-12-15)30(22(25)31)20-10-6-4-8-18(20)24/h4,6,8,10,15-16H,3,5,7,9,11-14H2,1-2H3,(H2,25,31)(H,26,27,28). The van der Waals surface area contributed by atoms with Crippen LogP contribution in [0.3, 0.4) is 0 Å². The van der Waals surface area contributed by atoms with Crippen molar-refractivity contribution in [1.82, 2.24) is 9.97 Å². The van der Waals surface area contributed by atoms with Gasteiger partial charge in [0.1, 0.15) is 5.82 Å². The number of anilines is 3. The summed E-state index contributed by atoms with van der Waals surface area (Å²) >= 11 is 3.55. The molecule has 7 nitrogen and oxygen atoms in total. The summed E-state index contributed by atoms with van der Waals surface area (Å²) in [4.78, 5) is 25.8. The number of nitrogens with two attached hydrogens (primary N) is 1. The second-order valence-electron chi connectivity index (χ2n) is 8.71. The van der Waals surface area contributed by atoms with Crippen LogP contribution in [0, 0.1) is 0 Å². The van der Waals surface area contributed by atoms with E-state index in [-0.39, 0.29) is 6.04 Å². The van der Waals surface area contributed by atoms with Crippen LogP contribution in [0.15, 0.2) is 28.7 Å². The number of rotatable bonds is 5. The molecule has 2 aliphatic rings. The van der Waals surface area contributed by atoms with E-state index in [1.54, 1.807) is 4.90 Å². The van der Waals surface area contributed by atoms with Crippen LogP contribution in [0.5, 0.6) is 0 Å². The lowest BCUT2D eigenvalue weighted by atomic mass is 9.90. The van der Waals surface area contributed by atoms with Gasteiger partial charge in [0.25, 0.3) is 0 Å². The minimum atomic E-state index is -0.406. The maximum atomic E-state index is 12.2. The average Bonchev–Trinajstić information content (AvgIpc) is 2.75. The Labute approximate surface area is 192 Å². The highest BCUT2D eigenvalue weighted by Gasteiger charge is 2.30. The molecule has 4 rings (SSSR count). The molecule has 1 fully saturated rings. The number of aryl methyl sites for hydroxylation is 1. The fraction of sp³-hybridized carbons (Fsp3) is 0.522. The number of hydrogen-bond acceptors (Lipinski definition) is 5. The fourth-order valence-electron chi connectivity index (χ4n) is 4.81. The predicted molar refractivity (Wildman–Crippen MR) is 129 cm³/mol. The van der Waals surface area contributed by atoms with Gasteiger partial charge >= 0.3 is 6.03 Å². The zero-order valence-electron chi connectivity index (χ0n) is 18.3. The lowest BCUT2D eigenvalue weighted by Crippen LogP contribution is -2.47. The number of halogens is 1. The summed E-state index contributed by atoms with van der Waals surface area (Å²) in [5.74, 6) is 1.76. The normalized spacial score (nSPS) is 20.6. The van der Waals surface area contributed by atoms with Crippen LogP contribution in [0.25, 0.3) is 0 Å². The lowest BCUT2D eigenvalue weighted by molar-refractivity contribution is 0.248. The number of urea groups is 1. The highest BCUT2D eigenvalue weighted by molar-refractivity contribution is 9.10. The van der Waals surface area contributed by atoms with Crippen molar-refractivity contribution in [3.05, 3.63) is 40.0 Å². The third kappa shape index (κ3) is 4.79. The van der Waals surface area contributed by atoms with Gasteiger partial charge in [-0.1, -0.05) is 12.1 Å². The van der Waals surface area contributed by atoms with Crippen LogP contribution in [0.2, 0.25) is 0 Å².